The summed E-state index contributed by atoms with van der Waals surface area (Å²) in [7, 11) is 0. The van der Waals surface area contributed by atoms with Crippen LogP contribution in [0.5, 0.6) is 0 Å². The Kier molecular flexibility index (Phi) is 3.69. The number of nitrogens with one attached hydrogen (secondary N) is 2. The van der Waals surface area contributed by atoms with Crippen LogP contribution in [0.1, 0.15) is 21.7 Å². The van der Waals surface area contributed by atoms with Crippen molar-refractivity contribution in [2.75, 3.05) is 0 Å². The zero-order chi connectivity index (χ0) is 17.4. The highest BCUT2D eigenvalue weighted by molar-refractivity contribution is 6.10. The van der Waals surface area contributed by atoms with Crippen molar-refractivity contribution in [2.45, 2.75) is 13.5 Å². The van der Waals surface area contributed by atoms with E-state index >= 15 is 0 Å². The molecule has 2 aromatic carbocycles. The fourth-order valence-electron chi connectivity index (χ4n) is 3.00. The van der Waals surface area contributed by atoms with E-state index in [0.29, 0.717) is 12.2 Å². The number of aryl methyl sites for hydroxylation is 1. The highest BCUT2D eigenvalue weighted by Crippen LogP contribution is 2.27. The lowest BCUT2D eigenvalue weighted by Gasteiger charge is -2.06. The molecule has 0 aliphatic carbocycles. The van der Waals surface area contributed by atoms with Crippen LogP contribution in [0.2, 0.25) is 0 Å². The highest BCUT2D eigenvalue weighted by atomic mass is 19.1. The number of benzene rings is 2. The fourth-order valence-corrected chi connectivity index (χ4v) is 3.00. The Morgan fingerprint density at radius 3 is 2.68 bits per heavy atom. The maximum atomic E-state index is 12.9. The molecule has 0 saturated carbocycles. The highest BCUT2D eigenvalue weighted by Gasteiger charge is 2.13. The minimum absolute atomic E-state index is 0.250. The second kappa shape index (κ2) is 6.02. The Morgan fingerprint density at radius 1 is 1.12 bits per heavy atom. The second-order valence-electron chi connectivity index (χ2n) is 6.00. The van der Waals surface area contributed by atoms with Crippen molar-refractivity contribution in [1.29, 1.82) is 0 Å². The van der Waals surface area contributed by atoms with Crippen LogP contribution in [0.4, 0.5) is 4.39 Å². The number of hydrogen-bond acceptors (Lipinski definition) is 2. The molecule has 124 valence electrons. The smallest absolute Gasteiger partial charge is 0.270 e. The molecule has 0 saturated heterocycles. The molecule has 5 heteroatoms. The number of fused-ring (bicyclic) bond motifs is 3. The van der Waals surface area contributed by atoms with Gasteiger partial charge >= 0.3 is 0 Å². The summed E-state index contributed by atoms with van der Waals surface area (Å²) in [5.74, 6) is -0.545. The molecule has 2 heterocycles. The first kappa shape index (κ1) is 15.3. The third-order valence-corrected chi connectivity index (χ3v) is 4.28. The zero-order valence-electron chi connectivity index (χ0n) is 13.6. The van der Waals surface area contributed by atoms with Gasteiger partial charge in [0.2, 0.25) is 0 Å². The number of nitrogens with zero attached hydrogens (tertiary/aromatic N) is 1. The van der Waals surface area contributed by atoms with E-state index in [1.54, 1.807) is 18.2 Å². The van der Waals surface area contributed by atoms with Crippen LogP contribution in [0, 0.1) is 12.7 Å². The summed E-state index contributed by atoms with van der Waals surface area (Å²) in [5, 5.41) is 4.88. The van der Waals surface area contributed by atoms with Gasteiger partial charge in [0.15, 0.2) is 0 Å². The van der Waals surface area contributed by atoms with Crippen LogP contribution in [0.25, 0.3) is 21.8 Å². The molecule has 1 amide bonds. The molecule has 0 fully saturated rings. The second-order valence-corrected chi connectivity index (χ2v) is 6.00. The van der Waals surface area contributed by atoms with E-state index in [-0.39, 0.29) is 11.7 Å². The fraction of sp³-hybridized carbons (Fsp3) is 0.100. The van der Waals surface area contributed by atoms with Crippen molar-refractivity contribution >= 4 is 27.7 Å². The largest absolute Gasteiger partial charge is 0.353 e. The SMILES string of the molecule is Cc1nc(C(=O)NCc2ccc(F)cc2)cc2c1[nH]c1ccccc12. The number of para-hydroxylation sites is 1. The lowest BCUT2D eigenvalue weighted by atomic mass is 10.1. The molecule has 4 rings (SSSR count). The molecule has 4 aromatic rings. The molecule has 0 unspecified atom stereocenters. The molecule has 0 bridgehead atoms. The lowest BCUT2D eigenvalue weighted by molar-refractivity contribution is 0.0946. The minimum atomic E-state index is -0.294. The number of amides is 1. The molecule has 0 spiro atoms. The van der Waals surface area contributed by atoms with Gasteiger partial charge in [-0.15, -0.1) is 0 Å². The molecule has 0 aliphatic heterocycles. The predicted molar refractivity (Wildman–Crippen MR) is 95.9 cm³/mol. The van der Waals surface area contributed by atoms with E-state index in [9.17, 15) is 9.18 Å². The lowest BCUT2D eigenvalue weighted by Crippen LogP contribution is -2.24. The van der Waals surface area contributed by atoms with Crippen molar-refractivity contribution < 1.29 is 9.18 Å². The summed E-state index contributed by atoms with van der Waals surface area (Å²) >= 11 is 0. The van der Waals surface area contributed by atoms with Gasteiger partial charge in [-0.2, -0.15) is 0 Å². The predicted octanol–water partition coefficient (Wildman–Crippen LogP) is 4.09. The maximum Gasteiger partial charge on any atom is 0.270 e. The molecule has 2 aromatic heterocycles. The van der Waals surface area contributed by atoms with E-state index < -0.39 is 0 Å². The normalized spacial score (nSPS) is 11.1. The van der Waals surface area contributed by atoms with Gasteiger partial charge in [-0.25, -0.2) is 9.37 Å². The molecule has 4 nitrogen and oxygen atoms in total. The molecule has 2 N–H and O–H groups in total. The average Bonchev–Trinajstić information content (AvgIpc) is 3.00. The van der Waals surface area contributed by atoms with Crippen LogP contribution in [0.15, 0.2) is 54.6 Å². The Labute approximate surface area is 143 Å². The number of carbonyl (C=O) groups is 1. The number of carbonyl (C=O) groups excluding carboxylic acids is 1. The van der Waals surface area contributed by atoms with Crippen molar-refractivity contribution in [3.63, 3.8) is 0 Å². The van der Waals surface area contributed by atoms with Gasteiger partial charge in [-0.05, 0) is 36.8 Å². The third-order valence-electron chi connectivity index (χ3n) is 4.28. The van der Waals surface area contributed by atoms with Crippen LogP contribution < -0.4 is 5.32 Å². The first-order chi connectivity index (χ1) is 12.1. The van der Waals surface area contributed by atoms with Gasteiger partial charge in [0.1, 0.15) is 11.5 Å². The molecular formula is C20H16FN3O. The van der Waals surface area contributed by atoms with E-state index in [0.717, 1.165) is 33.1 Å². The summed E-state index contributed by atoms with van der Waals surface area (Å²) in [6.07, 6.45) is 0. The van der Waals surface area contributed by atoms with E-state index in [1.165, 1.54) is 12.1 Å². The van der Waals surface area contributed by atoms with Crippen LogP contribution in [-0.4, -0.2) is 15.9 Å². The third kappa shape index (κ3) is 2.85. The van der Waals surface area contributed by atoms with Gasteiger partial charge in [0, 0.05) is 22.8 Å². The summed E-state index contributed by atoms with van der Waals surface area (Å²) in [6, 6.07) is 15.8. The molecule has 0 atom stereocenters. The molecule has 0 radical (unpaired) electrons. The summed E-state index contributed by atoms with van der Waals surface area (Å²) in [4.78, 5) is 20.2. The molecule has 0 aliphatic rings. The van der Waals surface area contributed by atoms with Crippen molar-refractivity contribution in [2.24, 2.45) is 0 Å². The van der Waals surface area contributed by atoms with Gasteiger partial charge in [0.25, 0.3) is 5.91 Å². The van der Waals surface area contributed by atoms with Gasteiger partial charge in [-0.3, -0.25) is 4.79 Å². The number of aromatic amines is 1. The maximum absolute atomic E-state index is 12.9. The van der Waals surface area contributed by atoms with Crippen LogP contribution in [-0.2, 0) is 6.54 Å². The standard InChI is InChI=1S/C20H16FN3O/c1-12-19-16(15-4-2-3-5-17(15)24-19)10-18(23-12)20(25)22-11-13-6-8-14(21)9-7-13/h2-10,24H,11H2,1H3,(H,22,25). The Morgan fingerprint density at radius 2 is 1.88 bits per heavy atom. The van der Waals surface area contributed by atoms with Crippen molar-refractivity contribution in [1.82, 2.24) is 15.3 Å². The number of rotatable bonds is 3. The van der Waals surface area contributed by atoms with Crippen LogP contribution in [0.3, 0.4) is 0 Å². The summed E-state index contributed by atoms with van der Waals surface area (Å²) in [6.45, 7) is 2.21. The Bertz CT molecular complexity index is 1080. The van der Waals surface area contributed by atoms with Gasteiger partial charge in [-0.1, -0.05) is 30.3 Å². The van der Waals surface area contributed by atoms with Crippen molar-refractivity contribution in [3.8, 4) is 0 Å². The Balaban J connectivity index is 1.65. The van der Waals surface area contributed by atoms with Gasteiger partial charge < -0.3 is 10.3 Å². The quantitative estimate of drug-likeness (QED) is 0.593. The van der Waals surface area contributed by atoms with E-state index in [1.807, 2.05) is 31.2 Å². The molecular weight excluding hydrogens is 317 g/mol. The van der Waals surface area contributed by atoms with Crippen LogP contribution >= 0.6 is 0 Å². The van der Waals surface area contributed by atoms with Gasteiger partial charge in [0.05, 0.1) is 11.2 Å². The molecule has 25 heavy (non-hydrogen) atoms. The topological polar surface area (TPSA) is 57.8 Å². The van der Waals surface area contributed by atoms with E-state index in [4.69, 9.17) is 0 Å². The first-order valence-electron chi connectivity index (χ1n) is 8.02. The summed E-state index contributed by atoms with van der Waals surface area (Å²) in [5.41, 5.74) is 3.94. The first-order valence-corrected chi connectivity index (χ1v) is 8.02. The number of hydrogen-bond donors (Lipinski definition) is 2. The number of halogens is 1. The monoisotopic (exact) mass is 333 g/mol. The average molecular weight is 333 g/mol. The summed E-state index contributed by atoms with van der Waals surface area (Å²) < 4.78 is 12.9. The van der Waals surface area contributed by atoms with E-state index in [2.05, 4.69) is 15.3 Å². The number of pyridine rings is 1. The minimum Gasteiger partial charge on any atom is -0.353 e. The number of aromatic nitrogens is 2. The Hall–Kier alpha value is -3.21. The number of H-pyrrole nitrogens is 1. The zero-order valence-corrected chi connectivity index (χ0v) is 13.6. The van der Waals surface area contributed by atoms with Crippen molar-refractivity contribution in [3.05, 3.63) is 77.4 Å².